The summed E-state index contributed by atoms with van der Waals surface area (Å²) in [5.41, 5.74) is 2.80. The van der Waals surface area contributed by atoms with Crippen LogP contribution in [0.2, 0.25) is 5.02 Å². The highest BCUT2D eigenvalue weighted by Gasteiger charge is 2.25. The van der Waals surface area contributed by atoms with Crippen molar-refractivity contribution in [3.05, 3.63) is 22.8 Å². The van der Waals surface area contributed by atoms with E-state index < -0.39 is 0 Å². The van der Waals surface area contributed by atoms with Gasteiger partial charge in [0.05, 0.1) is 23.2 Å². The zero-order valence-electron chi connectivity index (χ0n) is 10.0. The molecule has 98 valence electrons. The second kappa shape index (κ2) is 5.51. The van der Waals surface area contributed by atoms with E-state index in [1.807, 2.05) is 0 Å². The number of nitrogens with zero attached hydrogens (tertiary/aromatic N) is 2. The summed E-state index contributed by atoms with van der Waals surface area (Å²) < 4.78 is 5.26. The minimum absolute atomic E-state index is 0.114. The van der Waals surface area contributed by atoms with Crippen molar-refractivity contribution in [2.45, 2.75) is 12.5 Å². The molecule has 1 saturated heterocycles. The Hall–Kier alpha value is -1.37. The van der Waals surface area contributed by atoms with Gasteiger partial charge in [0.2, 0.25) is 0 Å². The van der Waals surface area contributed by atoms with Gasteiger partial charge in [0.15, 0.2) is 5.82 Å². The molecule has 0 aliphatic carbocycles. The molecule has 3 N–H and O–H groups in total. The van der Waals surface area contributed by atoms with Crippen LogP contribution in [0.25, 0.3) is 0 Å². The van der Waals surface area contributed by atoms with Crippen LogP contribution in [-0.4, -0.2) is 42.1 Å². The SMILES string of the molecule is CN(C(=O)c1cnc(NN)c(Cl)c1)C1CCOC1. The minimum atomic E-state index is -0.122. The highest BCUT2D eigenvalue weighted by Crippen LogP contribution is 2.21. The first-order valence-corrected chi connectivity index (χ1v) is 5.98. The summed E-state index contributed by atoms with van der Waals surface area (Å²) in [7, 11) is 1.75. The van der Waals surface area contributed by atoms with Crippen LogP contribution in [0, 0.1) is 0 Å². The number of carbonyl (C=O) groups is 1. The molecule has 1 aliphatic heterocycles. The lowest BCUT2D eigenvalue weighted by Gasteiger charge is -2.23. The van der Waals surface area contributed by atoms with Gasteiger partial charge >= 0.3 is 0 Å². The predicted molar refractivity (Wildman–Crippen MR) is 68.4 cm³/mol. The van der Waals surface area contributed by atoms with Gasteiger partial charge in [0.1, 0.15) is 0 Å². The number of likely N-dealkylation sites (N-methyl/N-ethyl adjacent to an activating group) is 1. The number of amides is 1. The highest BCUT2D eigenvalue weighted by atomic mass is 35.5. The van der Waals surface area contributed by atoms with Crippen molar-refractivity contribution in [1.29, 1.82) is 0 Å². The monoisotopic (exact) mass is 270 g/mol. The normalized spacial score (nSPS) is 18.7. The van der Waals surface area contributed by atoms with Crippen LogP contribution in [0.4, 0.5) is 5.82 Å². The molecule has 0 saturated carbocycles. The minimum Gasteiger partial charge on any atom is -0.379 e. The number of pyridine rings is 1. The molecule has 0 bridgehead atoms. The van der Waals surface area contributed by atoms with Crippen LogP contribution in [0.3, 0.4) is 0 Å². The fourth-order valence-electron chi connectivity index (χ4n) is 1.86. The van der Waals surface area contributed by atoms with Crippen molar-refractivity contribution in [2.24, 2.45) is 5.84 Å². The molecule has 6 nitrogen and oxygen atoms in total. The summed E-state index contributed by atoms with van der Waals surface area (Å²) in [6, 6.07) is 1.67. The van der Waals surface area contributed by atoms with E-state index in [2.05, 4.69) is 10.4 Å². The molecule has 0 aromatic carbocycles. The summed E-state index contributed by atoms with van der Waals surface area (Å²) in [6.07, 6.45) is 2.31. The van der Waals surface area contributed by atoms with Crippen LogP contribution in [0.15, 0.2) is 12.3 Å². The van der Waals surface area contributed by atoms with E-state index in [1.54, 1.807) is 18.0 Å². The number of nitrogens with two attached hydrogens (primary N) is 1. The maximum Gasteiger partial charge on any atom is 0.255 e. The van der Waals surface area contributed by atoms with Crippen LogP contribution >= 0.6 is 11.6 Å². The highest BCUT2D eigenvalue weighted by molar-refractivity contribution is 6.33. The Kier molecular flexibility index (Phi) is 4.00. The Morgan fingerprint density at radius 3 is 3.06 bits per heavy atom. The van der Waals surface area contributed by atoms with E-state index in [0.29, 0.717) is 29.6 Å². The number of nitrogens with one attached hydrogen (secondary N) is 1. The Labute approximate surface area is 110 Å². The number of carbonyl (C=O) groups excluding carboxylic acids is 1. The van der Waals surface area contributed by atoms with Gasteiger partial charge in [-0.25, -0.2) is 10.8 Å². The third kappa shape index (κ3) is 2.55. The van der Waals surface area contributed by atoms with Crippen molar-refractivity contribution < 1.29 is 9.53 Å². The molecule has 1 aromatic heterocycles. The van der Waals surface area contributed by atoms with Gasteiger partial charge in [-0.1, -0.05) is 11.6 Å². The fourth-order valence-corrected chi connectivity index (χ4v) is 2.08. The largest absolute Gasteiger partial charge is 0.379 e. The van der Waals surface area contributed by atoms with Gasteiger partial charge in [0, 0.05) is 19.9 Å². The molecule has 18 heavy (non-hydrogen) atoms. The summed E-state index contributed by atoms with van der Waals surface area (Å²) in [5, 5.41) is 0.319. The van der Waals surface area contributed by atoms with Crippen LogP contribution < -0.4 is 11.3 Å². The molecule has 2 rings (SSSR count). The van der Waals surface area contributed by atoms with Crippen molar-refractivity contribution in [3.63, 3.8) is 0 Å². The number of nitrogen functional groups attached to an aromatic ring is 1. The maximum atomic E-state index is 12.2. The lowest BCUT2D eigenvalue weighted by atomic mass is 10.2. The second-order valence-electron chi connectivity index (χ2n) is 4.13. The van der Waals surface area contributed by atoms with Crippen molar-refractivity contribution in [2.75, 3.05) is 25.7 Å². The number of anilines is 1. The van der Waals surface area contributed by atoms with Gasteiger partial charge in [-0.2, -0.15) is 0 Å². The number of hydrazine groups is 1. The Bertz CT molecular complexity index is 449. The molecule has 1 fully saturated rings. The van der Waals surface area contributed by atoms with Crippen LogP contribution in [-0.2, 0) is 4.74 Å². The first-order valence-electron chi connectivity index (χ1n) is 5.60. The third-order valence-electron chi connectivity index (χ3n) is 3.00. The first kappa shape index (κ1) is 13.1. The Balaban J connectivity index is 2.15. The summed E-state index contributed by atoms with van der Waals surface area (Å²) in [6.45, 7) is 1.27. The molecule has 1 aromatic rings. The van der Waals surface area contributed by atoms with Gasteiger partial charge in [0.25, 0.3) is 5.91 Å². The average Bonchev–Trinajstić information content (AvgIpc) is 2.90. The zero-order valence-corrected chi connectivity index (χ0v) is 10.8. The molecule has 2 heterocycles. The summed E-state index contributed by atoms with van der Waals surface area (Å²) in [4.78, 5) is 17.8. The summed E-state index contributed by atoms with van der Waals surface area (Å²) >= 11 is 5.94. The van der Waals surface area contributed by atoms with Crippen molar-refractivity contribution >= 4 is 23.3 Å². The number of hydrogen-bond donors (Lipinski definition) is 2. The van der Waals surface area contributed by atoms with Crippen LogP contribution in [0.5, 0.6) is 0 Å². The fraction of sp³-hybridized carbons (Fsp3) is 0.455. The molecule has 1 aliphatic rings. The number of rotatable bonds is 3. The number of ether oxygens (including phenoxy) is 1. The molecule has 1 amide bonds. The summed E-state index contributed by atoms with van der Waals surface area (Å²) in [5.74, 6) is 5.45. The van der Waals surface area contributed by atoms with Crippen LogP contribution in [0.1, 0.15) is 16.8 Å². The molecule has 1 atom stereocenters. The molecule has 7 heteroatoms. The molecule has 1 unspecified atom stereocenters. The second-order valence-corrected chi connectivity index (χ2v) is 4.54. The maximum absolute atomic E-state index is 12.2. The quantitative estimate of drug-likeness (QED) is 0.630. The lowest BCUT2D eigenvalue weighted by molar-refractivity contribution is 0.0711. The van der Waals surface area contributed by atoms with Gasteiger partial charge in [-0.3, -0.25) is 4.79 Å². The van der Waals surface area contributed by atoms with Gasteiger partial charge in [-0.15, -0.1) is 0 Å². The van der Waals surface area contributed by atoms with E-state index in [4.69, 9.17) is 22.2 Å². The van der Waals surface area contributed by atoms with E-state index in [9.17, 15) is 4.79 Å². The smallest absolute Gasteiger partial charge is 0.255 e. The number of hydrogen-bond acceptors (Lipinski definition) is 5. The number of aromatic nitrogens is 1. The van der Waals surface area contributed by atoms with Gasteiger partial charge < -0.3 is 15.1 Å². The third-order valence-corrected chi connectivity index (χ3v) is 3.29. The average molecular weight is 271 g/mol. The standard InChI is InChI=1S/C11H15ClN4O2/c1-16(8-2-3-18-6-8)11(17)7-4-9(12)10(15-13)14-5-7/h4-5,8H,2-3,6,13H2,1H3,(H,14,15). The van der Waals surface area contributed by atoms with E-state index >= 15 is 0 Å². The van der Waals surface area contributed by atoms with E-state index in [0.717, 1.165) is 6.42 Å². The number of halogens is 1. The predicted octanol–water partition coefficient (Wildman–Crippen LogP) is 0.882. The molecule has 0 radical (unpaired) electrons. The first-order chi connectivity index (χ1) is 8.63. The Morgan fingerprint density at radius 1 is 1.72 bits per heavy atom. The molecule has 0 spiro atoms. The lowest BCUT2D eigenvalue weighted by Crippen LogP contribution is -2.37. The van der Waals surface area contributed by atoms with Crippen molar-refractivity contribution in [3.8, 4) is 0 Å². The van der Waals surface area contributed by atoms with E-state index in [-0.39, 0.29) is 11.9 Å². The zero-order chi connectivity index (χ0) is 13.1. The van der Waals surface area contributed by atoms with Crippen molar-refractivity contribution in [1.82, 2.24) is 9.88 Å². The Morgan fingerprint density at radius 2 is 2.50 bits per heavy atom. The molecular formula is C11H15ClN4O2. The topological polar surface area (TPSA) is 80.5 Å². The van der Waals surface area contributed by atoms with E-state index in [1.165, 1.54) is 6.20 Å². The molecular weight excluding hydrogens is 256 g/mol. The van der Waals surface area contributed by atoms with Gasteiger partial charge in [-0.05, 0) is 12.5 Å².